The van der Waals surface area contributed by atoms with E-state index in [0.717, 1.165) is 19.7 Å². The lowest BCUT2D eigenvalue weighted by molar-refractivity contribution is -0.207. The van der Waals surface area contributed by atoms with Crippen molar-refractivity contribution < 1.29 is 18.3 Å². The SMILES string of the molecule is O=c1n(Cc2ncc(-c3ccccc3Cl)s2)nc(-c2ccc(Cl)cc2)n1C[C@H](O)C(F)(F)F. The van der Waals surface area contributed by atoms with Gasteiger partial charge in [0.1, 0.15) is 5.01 Å². The minimum atomic E-state index is -4.89. The Bertz CT molecular complexity index is 1330. The maximum atomic E-state index is 13.0. The summed E-state index contributed by atoms with van der Waals surface area (Å²) in [4.78, 5) is 18.0. The van der Waals surface area contributed by atoms with Crippen molar-refractivity contribution in [3.8, 4) is 21.8 Å². The zero-order valence-corrected chi connectivity index (χ0v) is 19.0. The van der Waals surface area contributed by atoms with Gasteiger partial charge in [-0.25, -0.2) is 14.5 Å². The van der Waals surface area contributed by atoms with Gasteiger partial charge in [0, 0.05) is 27.4 Å². The summed E-state index contributed by atoms with van der Waals surface area (Å²) in [5.41, 5.74) is 0.342. The number of rotatable bonds is 6. The Labute approximate surface area is 199 Å². The van der Waals surface area contributed by atoms with Gasteiger partial charge in [0.15, 0.2) is 11.9 Å². The quantitative estimate of drug-likeness (QED) is 0.387. The average molecular weight is 515 g/mol. The smallest absolute Gasteiger partial charge is 0.382 e. The van der Waals surface area contributed by atoms with Crippen LogP contribution in [0.4, 0.5) is 13.2 Å². The molecule has 0 spiro atoms. The molecule has 6 nitrogen and oxygen atoms in total. The Morgan fingerprint density at radius 3 is 2.45 bits per heavy atom. The van der Waals surface area contributed by atoms with E-state index in [1.54, 1.807) is 18.3 Å². The lowest BCUT2D eigenvalue weighted by atomic mass is 10.2. The number of aromatic nitrogens is 4. The van der Waals surface area contributed by atoms with Crippen molar-refractivity contribution in [3.05, 3.63) is 80.3 Å². The summed E-state index contributed by atoms with van der Waals surface area (Å²) < 4.78 is 40.7. The van der Waals surface area contributed by atoms with Gasteiger partial charge in [-0.3, -0.25) is 4.57 Å². The lowest BCUT2D eigenvalue weighted by Crippen LogP contribution is -2.37. The summed E-state index contributed by atoms with van der Waals surface area (Å²) in [6.07, 6.45) is -6.01. The van der Waals surface area contributed by atoms with E-state index in [2.05, 4.69) is 10.1 Å². The molecule has 0 amide bonds. The van der Waals surface area contributed by atoms with Crippen molar-refractivity contribution in [2.45, 2.75) is 25.4 Å². The predicted molar refractivity (Wildman–Crippen MR) is 121 cm³/mol. The van der Waals surface area contributed by atoms with Gasteiger partial charge in [-0.2, -0.15) is 13.2 Å². The van der Waals surface area contributed by atoms with Gasteiger partial charge in [0.25, 0.3) is 0 Å². The van der Waals surface area contributed by atoms with Gasteiger partial charge < -0.3 is 5.11 Å². The second-order valence-electron chi connectivity index (χ2n) is 7.04. The molecule has 33 heavy (non-hydrogen) atoms. The summed E-state index contributed by atoms with van der Waals surface area (Å²) in [6, 6.07) is 13.3. The molecule has 0 aliphatic carbocycles. The molecule has 0 bridgehead atoms. The fourth-order valence-corrected chi connectivity index (χ4v) is 4.45. The molecule has 0 aliphatic rings. The topological polar surface area (TPSA) is 72.9 Å². The summed E-state index contributed by atoms with van der Waals surface area (Å²) >= 11 is 13.4. The number of benzene rings is 2. The summed E-state index contributed by atoms with van der Waals surface area (Å²) in [5, 5.41) is 15.3. The van der Waals surface area contributed by atoms with Crippen LogP contribution in [-0.2, 0) is 13.1 Å². The number of hydrogen-bond donors (Lipinski definition) is 1. The average Bonchev–Trinajstić information content (AvgIpc) is 3.34. The first kappa shape index (κ1) is 23.5. The van der Waals surface area contributed by atoms with E-state index in [4.69, 9.17) is 23.2 Å². The van der Waals surface area contributed by atoms with Gasteiger partial charge in [0.05, 0.1) is 18.0 Å². The Kier molecular flexibility index (Phi) is 6.62. The molecule has 172 valence electrons. The number of hydrogen-bond acceptors (Lipinski definition) is 5. The minimum Gasteiger partial charge on any atom is -0.382 e. The molecule has 2 aromatic carbocycles. The molecule has 0 saturated heterocycles. The molecular formula is C21H15Cl2F3N4O2S. The number of aliphatic hydroxyl groups excluding tert-OH is 1. The maximum absolute atomic E-state index is 13.0. The molecule has 2 aromatic heterocycles. The van der Waals surface area contributed by atoms with Crippen molar-refractivity contribution in [2.75, 3.05) is 0 Å². The molecule has 2 heterocycles. The highest BCUT2D eigenvalue weighted by molar-refractivity contribution is 7.15. The summed E-state index contributed by atoms with van der Waals surface area (Å²) in [6.45, 7) is -1.06. The fourth-order valence-electron chi connectivity index (χ4n) is 3.09. The van der Waals surface area contributed by atoms with Gasteiger partial charge >= 0.3 is 11.9 Å². The van der Waals surface area contributed by atoms with E-state index in [-0.39, 0.29) is 12.4 Å². The van der Waals surface area contributed by atoms with Crippen molar-refractivity contribution >= 4 is 34.5 Å². The van der Waals surface area contributed by atoms with Crippen molar-refractivity contribution in [2.24, 2.45) is 0 Å². The summed E-state index contributed by atoms with van der Waals surface area (Å²) in [5.74, 6) is -0.0251. The maximum Gasteiger partial charge on any atom is 0.416 e. The molecule has 0 aliphatic heterocycles. The highest BCUT2D eigenvalue weighted by Gasteiger charge is 2.39. The van der Waals surface area contributed by atoms with E-state index in [1.165, 1.54) is 35.6 Å². The molecule has 12 heteroatoms. The standard InChI is InChI=1S/C21H15Cl2F3N4O2S/c22-13-7-5-12(6-8-13)19-28-30(20(32)29(19)10-17(31)21(24,25)26)11-18-27-9-16(33-18)14-3-1-2-4-15(14)23/h1-9,17,31H,10-11H2/t17-/m0/s1. The zero-order chi connectivity index (χ0) is 23.8. The van der Waals surface area contributed by atoms with Crippen LogP contribution in [0.2, 0.25) is 10.0 Å². The minimum absolute atomic E-state index is 0.0251. The first-order chi connectivity index (χ1) is 15.6. The number of aliphatic hydroxyl groups is 1. The van der Waals surface area contributed by atoms with E-state index >= 15 is 0 Å². The highest BCUT2D eigenvalue weighted by atomic mass is 35.5. The van der Waals surface area contributed by atoms with Crippen LogP contribution < -0.4 is 5.69 Å². The van der Waals surface area contributed by atoms with Gasteiger partial charge in [-0.15, -0.1) is 16.4 Å². The largest absolute Gasteiger partial charge is 0.416 e. The van der Waals surface area contributed by atoms with E-state index in [1.807, 2.05) is 12.1 Å². The third-order valence-electron chi connectivity index (χ3n) is 4.74. The lowest BCUT2D eigenvalue weighted by Gasteiger charge is -2.15. The number of halogens is 5. The van der Waals surface area contributed by atoms with E-state index in [0.29, 0.717) is 20.6 Å². The second-order valence-corrected chi connectivity index (χ2v) is 9.00. The van der Waals surface area contributed by atoms with Crippen molar-refractivity contribution in [3.63, 3.8) is 0 Å². The molecule has 4 rings (SSSR count). The van der Waals surface area contributed by atoms with Crippen LogP contribution in [0.15, 0.2) is 59.5 Å². The predicted octanol–water partition coefficient (Wildman–Crippen LogP) is 5.11. The molecule has 0 saturated carbocycles. The van der Waals surface area contributed by atoms with E-state index in [9.17, 15) is 23.1 Å². The number of thiazole rings is 1. The monoisotopic (exact) mass is 514 g/mol. The molecule has 0 unspecified atom stereocenters. The molecule has 4 aromatic rings. The molecule has 0 fully saturated rings. The molecule has 1 atom stereocenters. The van der Waals surface area contributed by atoms with Crippen LogP contribution in [0.25, 0.3) is 21.8 Å². The second kappa shape index (κ2) is 9.30. The molecular weight excluding hydrogens is 500 g/mol. The Balaban J connectivity index is 1.71. The zero-order valence-electron chi connectivity index (χ0n) is 16.6. The van der Waals surface area contributed by atoms with Crippen LogP contribution >= 0.6 is 34.5 Å². The van der Waals surface area contributed by atoms with Crippen molar-refractivity contribution in [1.29, 1.82) is 0 Å². The molecule has 1 N–H and O–H groups in total. The number of nitrogens with zero attached hydrogens (tertiary/aromatic N) is 4. The Hall–Kier alpha value is -2.66. The Morgan fingerprint density at radius 2 is 1.79 bits per heavy atom. The van der Waals surface area contributed by atoms with Crippen LogP contribution in [-0.4, -0.2) is 36.7 Å². The highest BCUT2D eigenvalue weighted by Crippen LogP contribution is 2.32. The number of alkyl halides is 3. The van der Waals surface area contributed by atoms with Crippen molar-refractivity contribution in [1.82, 2.24) is 19.3 Å². The van der Waals surface area contributed by atoms with Crippen LogP contribution in [0.1, 0.15) is 5.01 Å². The third kappa shape index (κ3) is 5.14. The normalized spacial score (nSPS) is 12.8. The summed E-state index contributed by atoms with van der Waals surface area (Å²) in [7, 11) is 0. The van der Waals surface area contributed by atoms with Gasteiger partial charge in [-0.05, 0) is 30.3 Å². The van der Waals surface area contributed by atoms with Crippen LogP contribution in [0.3, 0.4) is 0 Å². The van der Waals surface area contributed by atoms with Gasteiger partial charge in [-0.1, -0.05) is 41.4 Å². The van der Waals surface area contributed by atoms with Crippen LogP contribution in [0, 0.1) is 0 Å². The van der Waals surface area contributed by atoms with E-state index < -0.39 is 24.5 Å². The first-order valence-corrected chi connectivity index (χ1v) is 11.1. The molecule has 0 radical (unpaired) electrons. The third-order valence-corrected chi connectivity index (χ3v) is 6.33. The van der Waals surface area contributed by atoms with Gasteiger partial charge in [0.2, 0.25) is 0 Å². The first-order valence-electron chi connectivity index (χ1n) is 9.51. The Morgan fingerprint density at radius 1 is 1.09 bits per heavy atom. The fraction of sp³-hybridized carbons (Fsp3) is 0.190. The van der Waals surface area contributed by atoms with Crippen LogP contribution in [0.5, 0.6) is 0 Å².